The van der Waals surface area contributed by atoms with Crippen LogP contribution in [0, 0.1) is 12.3 Å². The first-order valence-electron chi connectivity index (χ1n) is 8.27. The standard InChI is InChI=1S/C22H17Br2NO2/c1-2-12-26-22-16(13-17(23)14-21(22)24)15-25-18-8-10-20(11-9-18)27-19-6-4-3-5-7-19/h1,3-11,13-14,25H,12,15H2. The van der Waals surface area contributed by atoms with Crippen LogP contribution in [0.2, 0.25) is 0 Å². The van der Waals surface area contributed by atoms with Crippen molar-refractivity contribution in [2.45, 2.75) is 6.54 Å². The van der Waals surface area contributed by atoms with Crippen molar-refractivity contribution in [3.05, 3.63) is 81.2 Å². The van der Waals surface area contributed by atoms with E-state index in [-0.39, 0.29) is 6.61 Å². The predicted octanol–water partition coefficient (Wildman–Crippen LogP) is 6.63. The van der Waals surface area contributed by atoms with E-state index in [1.54, 1.807) is 0 Å². The number of anilines is 1. The molecule has 0 aliphatic carbocycles. The molecule has 0 aliphatic heterocycles. The van der Waals surface area contributed by atoms with E-state index in [0.29, 0.717) is 6.54 Å². The normalized spacial score (nSPS) is 10.1. The molecule has 0 fully saturated rings. The van der Waals surface area contributed by atoms with Crippen molar-refractivity contribution in [2.24, 2.45) is 0 Å². The Kier molecular flexibility index (Phi) is 6.80. The second kappa shape index (κ2) is 9.50. The van der Waals surface area contributed by atoms with Crippen molar-refractivity contribution in [1.82, 2.24) is 0 Å². The minimum Gasteiger partial charge on any atom is -0.479 e. The number of benzene rings is 3. The zero-order valence-electron chi connectivity index (χ0n) is 14.4. The third-order valence-corrected chi connectivity index (χ3v) is 4.75. The maximum atomic E-state index is 5.81. The lowest BCUT2D eigenvalue weighted by atomic mass is 10.2. The van der Waals surface area contributed by atoms with Gasteiger partial charge in [0, 0.05) is 22.3 Å². The summed E-state index contributed by atoms with van der Waals surface area (Å²) >= 11 is 7.04. The van der Waals surface area contributed by atoms with Gasteiger partial charge in [0.1, 0.15) is 23.9 Å². The lowest BCUT2D eigenvalue weighted by Crippen LogP contribution is -2.04. The van der Waals surface area contributed by atoms with Crippen LogP contribution in [0.1, 0.15) is 5.56 Å². The molecular formula is C22H17Br2NO2. The van der Waals surface area contributed by atoms with Crippen molar-refractivity contribution in [2.75, 3.05) is 11.9 Å². The summed E-state index contributed by atoms with van der Waals surface area (Å²) in [5, 5.41) is 3.39. The van der Waals surface area contributed by atoms with Gasteiger partial charge in [-0.15, -0.1) is 6.42 Å². The fourth-order valence-corrected chi connectivity index (χ4v) is 3.91. The Bertz CT molecular complexity index is 935. The maximum Gasteiger partial charge on any atom is 0.148 e. The minimum atomic E-state index is 0.221. The number of nitrogens with one attached hydrogen (secondary N) is 1. The van der Waals surface area contributed by atoms with Gasteiger partial charge in [0.25, 0.3) is 0 Å². The molecule has 3 rings (SSSR count). The zero-order valence-corrected chi connectivity index (χ0v) is 17.6. The Morgan fingerprint density at radius 1 is 0.926 bits per heavy atom. The summed E-state index contributed by atoms with van der Waals surface area (Å²) < 4.78 is 13.3. The number of terminal acetylenes is 1. The van der Waals surface area contributed by atoms with E-state index < -0.39 is 0 Å². The van der Waals surface area contributed by atoms with Crippen LogP contribution in [0.3, 0.4) is 0 Å². The highest BCUT2D eigenvalue weighted by Gasteiger charge is 2.10. The molecule has 0 heterocycles. The lowest BCUT2D eigenvalue weighted by Gasteiger charge is -2.14. The molecule has 0 saturated heterocycles. The summed E-state index contributed by atoms with van der Waals surface area (Å²) in [5.74, 6) is 4.84. The number of ether oxygens (including phenoxy) is 2. The predicted molar refractivity (Wildman–Crippen MR) is 116 cm³/mol. The van der Waals surface area contributed by atoms with E-state index in [4.69, 9.17) is 15.9 Å². The third-order valence-electron chi connectivity index (χ3n) is 3.70. The molecule has 3 nitrogen and oxygen atoms in total. The first-order valence-corrected chi connectivity index (χ1v) is 9.85. The van der Waals surface area contributed by atoms with Crippen LogP contribution >= 0.6 is 31.9 Å². The number of hydrogen-bond donors (Lipinski definition) is 1. The molecule has 3 aromatic carbocycles. The van der Waals surface area contributed by atoms with Gasteiger partial charge in [-0.2, -0.15) is 0 Å². The van der Waals surface area contributed by atoms with Gasteiger partial charge in [-0.25, -0.2) is 0 Å². The monoisotopic (exact) mass is 485 g/mol. The molecule has 0 unspecified atom stereocenters. The molecule has 0 amide bonds. The van der Waals surface area contributed by atoms with Crippen LogP contribution in [0.4, 0.5) is 5.69 Å². The van der Waals surface area contributed by atoms with Crippen LogP contribution in [0.5, 0.6) is 17.2 Å². The summed E-state index contributed by atoms with van der Waals surface area (Å²) in [4.78, 5) is 0. The SMILES string of the molecule is C#CCOc1c(Br)cc(Br)cc1CNc1ccc(Oc2ccccc2)cc1. The van der Waals surface area contributed by atoms with E-state index in [0.717, 1.165) is 37.4 Å². The van der Waals surface area contributed by atoms with Crippen molar-refractivity contribution >= 4 is 37.5 Å². The second-order valence-electron chi connectivity index (χ2n) is 5.66. The molecule has 136 valence electrons. The molecule has 0 spiro atoms. The second-order valence-corrected chi connectivity index (χ2v) is 7.43. The molecule has 27 heavy (non-hydrogen) atoms. The molecule has 0 radical (unpaired) electrons. The number of halogens is 2. The lowest BCUT2D eigenvalue weighted by molar-refractivity contribution is 0.364. The van der Waals surface area contributed by atoms with Crippen LogP contribution in [-0.2, 0) is 6.54 Å². The Hall–Kier alpha value is -2.42. The molecule has 3 aromatic rings. The van der Waals surface area contributed by atoms with Crippen molar-refractivity contribution in [1.29, 1.82) is 0 Å². The Morgan fingerprint density at radius 2 is 1.63 bits per heavy atom. The van der Waals surface area contributed by atoms with Gasteiger partial charge in [0.15, 0.2) is 0 Å². The van der Waals surface area contributed by atoms with E-state index in [9.17, 15) is 0 Å². The maximum absolute atomic E-state index is 5.81. The highest BCUT2D eigenvalue weighted by Crippen LogP contribution is 2.33. The van der Waals surface area contributed by atoms with Gasteiger partial charge in [-0.3, -0.25) is 0 Å². The van der Waals surface area contributed by atoms with Crippen LogP contribution < -0.4 is 14.8 Å². The first kappa shape index (κ1) is 19.3. The van der Waals surface area contributed by atoms with Crippen molar-refractivity contribution < 1.29 is 9.47 Å². The van der Waals surface area contributed by atoms with Crippen LogP contribution in [0.25, 0.3) is 0 Å². The highest BCUT2D eigenvalue weighted by atomic mass is 79.9. The summed E-state index contributed by atoms with van der Waals surface area (Å²) in [6, 6.07) is 21.5. The molecule has 1 N–H and O–H groups in total. The quantitative estimate of drug-likeness (QED) is 0.380. The third kappa shape index (κ3) is 5.53. The van der Waals surface area contributed by atoms with Gasteiger partial charge in [-0.1, -0.05) is 40.0 Å². The van der Waals surface area contributed by atoms with E-state index in [1.165, 1.54) is 0 Å². The molecule has 0 aliphatic rings. The molecule has 0 saturated carbocycles. The molecule has 5 heteroatoms. The van der Waals surface area contributed by atoms with E-state index >= 15 is 0 Å². The Morgan fingerprint density at radius 3 is 2.33 bits per heavy atom. The number of rotatable bonds is 7. The van der Waals surface area contributed by atoms with Gasteiger partial charge in [-0.05, 0) is 64.5 Å². The topological polar surface area (TPSA) is 30.5 Å². The first-order chi connectivity index (χ1) is 13.2. The smallest absolute Gasteiger partial charge is 0.148 e. The van der Waals surface area contributed by atoms with Crippen LogP contribution in [-0.4, -0.2) is 6.61 Å². The minimum absolute atomic E-state index is 0.221. The molecular weight excluding hydrogens is 470 g/mol. The molecule has 0 aromatic heterocycles. The van der Waals surface area contributed by atoms with Crippen molar-refractivity contribution in [3.63, 3.8) is 0 Å². The summed E-state index contributed by atoms with van der Waals surface area (Å²) in [5.41, 5.74) is 1.98. The summed E-state index contributed by atoms with van der Waals surface area (Å²) in [6.07, 6.45) is 5.31. The Balaban J connectivity index is 1.67. The van der Waals surface area contributed by atoms with Gasteiger partial charge >= 0.3 is 0 Å². The summed E-state index contributed by atoms with van der Waals surface area (Å²) in [7, 11) is 0. The largest absolute Gasteiger partial charge is 0.479 e. The average Bonchev–Trinajstić information content (AvgIpc) is 2.67. The van der Waals surface area contributed by atoms with Gasteiger partial charge in [0.2, 0.25) is 0 Å². The van der Waals surface area contributed by atoms with E-state index in [1.807, 2.05) is 66.7 Å². The fraction of sp³-hybridized carbons (Fsp3) is 0.0909. The summed E-state index contributed by atoms with van der Waals surface area (Å²) in [6.45, 7) is 0.815. The zero-order chi connectivity index (χ0) is 19.1. The van der Waals surface area contributed by atoms with Gasteiger partial charge < -0.3 is 14.8 Å². The fourth-order valence-electron chi connectivity index (χ4n) is 2.48. The van der Waals surface area contributed by atoms with Crippen LogP contribution in [0.15, 0.2) is 75.7 Å². The van der Waals surface area contributed by atoms with E-state index in [2.05, 4.69) is 43.1 Å². The molecule has 0 atom stereocenters. The van der Waals surface area contributed by atoms with Gasteiger partial charge in [0.05, 0.1) is 4.47 Å². The highest BCUT2D eigenvalue weighted by molar-refractivity contribution is 9.11. The number of hydrogen-bond acceptors (Lipinski definition) is 3. The van der Waals surface area contributed by atoms with Crippen molar-refractivity contribution in [3.8, 4) is 29.6 Å². The Labute approximate surface area is 176 Å². The number of para-hydroxylation sites is 1. The molecule has 0 bridgehead atoms. The average molecular weight is 487 g/mol.